The van der Waals surface area contributed by atoms with E-state index in [-0.39, 0.29) is 0 Å². The van der Waals surface area contributed by atoms with Crippen molar-refractivity contribution in [2.75, 3.05) is 13.1 Å². The molecule has 2 nitrogen and oxygen atoms in total. The second kappa shape index (κ2) is 5.85. The van der Waals surface area contributed by atoms with Gasteiger partial charge in [-0.2, -0.15) is 0 Å². The van der Waals surface area contributed by atoms with Gasteiger partial charge in [-0.05, 0) is 57.4 Å². The molecule has 1 aromatic carbocycles. The van der Waals surface area contributed by atoms with Gasteiger partial charge in [0.1, 0.15) is 0 Å². The van der Waals surface area contributed by atoms with Crippen LogP contribution in [0.1, 0.15) is 37.0 Å². The summed E-state index contributed by atoms with van der Waals surface area (Å²) in [6.45, 7) is 12.5. The zero-order chi connectivity index (χ0) is 13.1. The second-order valence-electron chi connectivity index (χ2n) is 5.77. The van der Waals surface area contributed by atoms with Crippen molar-refractivity contribution < 1.29 is 0 Å². The lowest BCUT2D eigenvalue weighted by Gasteiger charge is -2.32. The van der Waals surface area contributed by atoms with Crippen LogP contribution >= 0.6 is 0 Å². The molecule has 0 spiro atoms. The van der Waals surface area contributed by atoms with Crippen molar-refractivity contribution in [1.29, 1.82) is 0 Å². The average Bonchev–Trinajstić information content (AvgIpc) is 2.84. The smallest absolute Gasteiger partial charge is 0.0242 e. The van der Waals surface area contributed by atoms with Crippen molar-refractivity contribution >= 4 is 0 Å². The lowest BCUT2D eigenvalue weighted by atomic mass is 10.0. The van der Waals surface area contributed by atoms with E-state index in [0.717, 1.165) is 13.1 Å². The van der Waals surface area contributed by atoms with Crippen molar-refractivity contribution in [2.45, 2.75) is 52.7 Å². The molecule has 1 atom stereocenters. The standard InChI is InChI=1S/C16H26N2/c1-12(2)18(16-8-9-17-10-16)11-15-7-5-6-13(3)14(15)4/h5-7,12,16-17H,8-11H2,1-4H3/t16-/m0/s1. The molecule has 2 heteroatoms. The molecule has 18 heavy (non-hydrogen) atoms. The van der Waals surface area contributed by atoms with E-state index >= 15 is 0 Å². The van der Waals surface area contributed by atoms with Crippen molar-refractivity contribution in [2.24, 2.45) is 0 Å². The maximum Gasteiger partial charge on any atom is 0.0242 e. The highest BCUT2D eigenvalue weighted by molar-refractivity contribution is 5.33. The number of nitrogens with one attached hydrogen (secondary N) is 1. The van der Waals surface area contributed by atoms with Crippen LogP contribution in [-0.2, 0) is 6.54 Å². The minimum Gasteiger partial charge on any atom is -0.315 e. The molecule has 1 heterocycles. The first kappa shape index (κ1) is 13.6. The molecule has 0 aromatic heterocycles. The fourth-order valence-corrected chi connectivity index (χ4v) is 2.84. The maximum atomic E-state index is 3.48. The number of nitrogens with zero attached hydrogens (tertiary/aromatic N) is 1. The Morgan fingerprint density at radius 2 is 2.11 bits per heavy atom. The van der Waals surface area contributed by atoms with Crippen LogP contribution < -0.4 is 5.32 Å². The van der Waals surface area contributed by atoms with Crippen LogP contribution in [0.25, 0.3) is 0 Å². The first-order valence-corrected chi connectivity index (χ1v) is 7.11. The third-order valence-electron chi connectivity index (χ3n) is 4.24. The zero-order valence-corrected chi connectivity index (χ0v) is 12.2. The Labute approximate surface area is 111 Å². The molecular weight excluding hydrogens is 220 g/mol. The molecule has 1 N–H and O–H groups in total. The van der Waals surface area contributed by atoms with Crippen LogP contribution in [0.15, 0.2) is 18.2 Å². The van der Waals surface area contributed by atoms with Gasteiger partial charge in [0.25, 0.3) is 0 Å². The van der Waals surface area contributed by atoms with Crippen LogP contribution in [0.2, 0.25) is 0 Å². The van der Waals surface area contributed by atoms with E-state index in [4.69, 9.17) is 0 Å². The topological polar surface area (TPSA) is 15.3 Å². The summed E-state index contributed by atoms with van der Waals surface area (Å²) >= 11 is 0. The first-order chi connectivity index (χ1) is 8.59. The van der Waals surface area contributed by atoms with Crippen LogP contribution in [0, 0.1) is 13.8 Å². The summed E-state index contributed by atoms with van der Waals surface area (Å²) in [7, 11) is 0. The van der Waals surface area contributed by atoms with Gasteiger partial charge >= 0.3 is 0 Å². The molecule has 1 aliphatic heterocycles. The van der Waals surface area contributed by atoms with Gasteiger partial charge in [0.05, 0.1) is 0 Å². The predicted molar refractivity (Wildman–Crippen MR) is 77.9 cm³/mol. The summed E-state index contributed by atoms with van der Waals surface area (Å²) in [4.78, 5) is 2.64. The third-order valence-corrected chi connectivity index (χ3v) is 4.24. The lowest BCUT2D eigenvalue weighted by Crippen LogP contribution is -2.41. The van der Waals surface area contributed by atoms with Crippen molar-refractivity contribution in [1.82, 2.24) is 10.2 Å². The summed E-state index contributed by atoms with van der Waals surface area (Å²) in [5.74, 6) is 0. The molecule has 1 fully saturated rings. The maximum absolute atomic E-state index is 3.48. The zero-order valence-electron chi connectivity index (χ0n) is 12.2. The number of hydrogen-bond donors (Lipinski definition) is 1. The molecule has 2 rings (SSSR count). The molecule has 0 bridgehead atoms. The third kappa shape index (κ3) is 2.93. The van der Waals surface area contributed by atoms with E-state index in [1.54, 1.807) is 0 Å². The van der Waals surface area contributed by atoms with Crippen LogP contribution in [-0.4, -0.2) is 30.1 Å². The van der Waals surface area contributed by atoms with E-state index in [1.165, 1.54) is 29.7 Å². The van der Waals surface area contributed by atoms with Gasteiger partial charge in [-0.1, -0.05) is 18.2 Å². The van der Waals surface area contributed by atoms with E-state index in [2.05, 4.69) is 56.1 Å². The molecule has 0 saturated carbocycles. The van der Waals surface area contributed by atoms with E-state index in [9.17, 15) is 0 Å². The highest BCUT2D eigenvalue weighted by Gasteiger charge is 2.24. The molecule has 1 aliphatic rings. The Bertz CT molecular complexity index is 392. The highest BCUT2D eigenvalue weighted by Crippen LogP contribution is 2.20. The molecular formula is C16H26N2. The largest absolute Gasteiger partial charge is 0.315 e. The van der Waals surface area contributed by atoms with Crippen molar-refractivity contribution in [3.8, 4) is 0 Å². The van der Waals surface area contributed by atoms with Crippen molar-refractivity contribution in [3.63, 3.8) is 0 Å². The van der Waals surface area contributed by atoms with Crippen LogP contribution in [0.3, 0.4) is 0 Å². The monoisotopic (exact) mass is 246 g/mol. The summed E-state index contributed by atoms with van der Waals surface area (Å²) < 4.78 is 0. The minimum atomic E-state index is 0.606. The molecule has 0 aliphatic carbocycles. The summed E-state index contributed by atoms with van der Waals surface area (Å²) in [5, 5.41) is 3.48. The fraction of sp³-hybridized carbons (Fsp3) is 0.625. The predicted octanol–water partition coefficient (Wildman–Crippen LogP) is 2.88. The summed E-state index contributed by atoms with van der Waals surface area (Å²) in [6, 6.07) is 7.97. The normalized spacial score (nSPS) is 20.0. The van der Waals surface area contributed by atoms with Gasteiger partial charge in [0, 0.05) is 25.2 Å². The van der Waals surface area contributed by atoms with Gasteiger partial charge < -0.3 is 5.32 Å². The second-order valence-corrected chi connectivity index (χ2v) is 5.77. The van der Waals surface area contributed by atoms with E-state index in [1.807, 2.05) is 0 Å². The number of benzene rings is 1. The minimum absolute atomic E-state index is 0.606. The fourth-order valence-electron chi connectivity index (χ4n) is 2.84. The van der Waals surface area contributed by atoms with Gasteiger partial charge in [-0.15, -0.1) is 0 Å². The molecule has 0 radical (unpaired) electrons. The molecule has 0 unspecified atom stereocenters. The Hall–Kier alpha value is -0.860. The SMILES string of the molecule is Cc1cccc(CN(C(C)C)[C@H]2CCNC2)c1C. The first-order valence-electron chi connectivity index (χ1n) is 7.11. The summed E-state index contributed by atoms with van der Waals surface area (Å²) in [6.07, 6.45) is 1.28. The van der Waals surface area contributed by atoms with Gasteiger partial charge in [0.15, 0.2) is 0 Å². The molecule has 0 amide bonds. The van der Waals surface area contributed by atoms with Gasteiger partial charge in [-0.25, -0.2) is 0 Å². The Balaban J connectivity index is 2.15. The number of aryl methyl sites for hydroxylation is 1. The molecule has 100 valence electrons. The van der Waals surface area contributed by atoms with Gasteiger partial charge in [-0.3, -0.25) is 4.90 Å². The Kier molecular flexibility index (Phi) is 4.41. The highest BCUT2D eigenvalue weighted by atomic mass is 15.2. The summed E-state index contributed by atoms with van der Waals surface area (Å²) in [5.41, 5.74) is 4.34. The lowest BCUT2D eigenvalue weighted by molar-refractivity contribution is 0.154. The Morgan fingerprint density at radius 3 is 2.72 bits per heavy atom. The number of rotatable bonds is 4. The molecule has 1 aromatic rings. The number of hydrogen-bond acceptors (Lipinski definition) is 2. The van der Waals surface area contributed by atoms with E-state index in [0.29, 0.717) is 12.1 Å². The quantitative estimate of drug-likeness (QED) is 0.879. The van der Waals surface area contributed by atoms with Crippen LogP contribution in [0.4, 0.5) is 0 Å². The average molecular weight is 246 g/mol. The van der Waals surface area contributed by atoms with E-state index < -0.39 is 0 Å². The molecule has 1 saturated heterocycles. The van der Waals surface area contributed by atoms with Crippen molar-refractivity contribution in [3.05, 3.63) is 34.9 Å². The van der Waals surface area contributed by atoms with Crippen LogP contribution in [0.5, 0.6) is 0 Å². The van der Waals surface area contributed by atoms with Gasteiger partial charge in [0.2, 0.25) is 0 Å². The Morgan fingerprint density at radius 1 is 1.33 bits per heavy atom.